The van der Waals surface area contributed by atoms with Gasteiger partial charge in [0.1, 0.15) is 0 Å². The molecule has 1 saturated carbocycles. The molecule has 1 aliphatic heterocycles. The Morgan fingerprint density at radius 3 is 2.06 bits per heavy atom. The molecule has 18 heavy (non-hydrogen) atoms. The molecule has 2 bridgehead atoms. The molecule has 0 spiro atoms. The lowest BCUT2D eigenvalue weighted by atomic mass is 9.82. The number of carboxylic acid groups (broad SMARTS) is 1. The van der Waals surface area contributed by atoms with Crippen LogP contribution < -0.4 is 0 Å². The van der Waals surface area contributed by atoms with Crippen LogP contribution in [-0.4, -0.2) is 41.1 Å². The van der Waals surface area contributed by atoms with Crippen molar-refractivity contribution in [3.8, 4) is 0 Å². The number of amides is 1. The Bertz CT molecular complexity index is 355. The molecular weight excluding hydrogens is 251 g/mol. The first kappa shape index (κ1) is 13.2. The first-order valence-electron chi connectivity index (χ1n) is 5.87. The van der Waals surface area contributed by atoms with E-state index in [0.717, 1.165) is 4.90 Å². The summed E-state index contributed by atoms with van der Waals surface area (Å²) in [6.45, 7) is 0.0690. The van der Waals surface area contributed by atoms with E-state index in [1.54, 1.807) is 0 Å². The molecule has 2 aliphatic rings. The molecule has 1 amide bonds. The number of carboxylic acids is 1. The second kappa shape index (κ2) is 4.44. The number of halogens is 3. The van der Waals surface area contributed by atoms with Gasteiger partial charge in [0.25, 0.3) is 0 Å². The number of hydrogen-bond acceptors (Lipinski definition) is 2. The van der Waals surface area contributed by atoms with Crippen LogP contribution in [0.5, 0.6) is 0 Å². The average molecular weight is 265 g/mol. The summed E-state index contributed by atoms with van der Waals surface area (Å²) < 4.78 is 37.0. The van der Waals surface area contributed by atoms with Crippen LogP contribution >= 0.6 is 0 Å². The van der Waals surface area contributed by atoms with E-state index >= 15 is 0 Å². The fourth-order valence-electron chi connectivity index (χ4n) is 3.22. The Kier molecular flexibility index (Phi) is 3.25. The van der Waals surface area contributed by atoms with Crippen molar-refractivity contribution in [2.75, 3.05) is 13.1 Å². The Balaban J connectivity index is 2.04. The van der Waals surface area contributed by atoms with E-state index in [4.69, 9.17) is 5.11 Å². The molecule has 2 rings (SSSR count). The molecule has 2 unspecified atom stereocenters. The average Bonchev–Trinajstić information content (AvgIpc) is 2.49. The molecule has 2 fully saturated rings. The molecule has 0 radical (unpaired) electrons. The number of fused-ring (bicyclic) bond motifs is 2. The number of alkyl halides is 3. The lowest BCUT2D eigenvalue weighted by Crippen LogP contribution is -2.50. The van der Waals surface area contributed by atoms with Crippen molar-refractivity contribution in [1.29, 1.82) is 0 Å². The SMILES string of the molecule is O=C(O)CC1C2CCC1CN(C(=O)C(F)(F)F)C2. The van der Waals surface area contributed by atoms with Gasteiger partial charge in [-0.3, -0.25) is 9.59 Å². The van der Waals surface area contributed by atoms with Gasteiger partial charge in [-0.05, 0) is 30.6 Å². The molecule has 0 aromatic heterocycles. The molecule has 1 aliphatic carbocycles. The lowest BCUT2D eigenvalue weighted by Gasteiger charge is -2.37. The Morgan fingerprint density at radius 1 is 1.17 bits per heavy atom. The van der Waals surface area contributed by atoms with E-state index in [2.05, 4.69) is 0 Å². The smallest absolute Gasteiger partial charge is 0.471 e. The van der Waals surface area contributed by atoms with Crippen LogP contribution in [0.15, 0.2) is 0 Å². The summed E-state index contributed by atoms with van der Waals surface area (Å²) in [7, 11) is 0. The number of carbonyl (C=O) groups excluding carboxylic acids is 1. The van der Waals surface area contributed by atoms with Crippen LogP contribution in [-0.2, 0) is 9.59 Å². The quantitative estimate of drug-likeness (QED) is 0.823. The fourth-order valence-corrected chi connectivity index (χ4v) is 3.22. The van der Waals surface area contributed by atoms with Crippen LogP contribution in [0.1, 0.15) is 19.3 Å². The highest BCUT2D eigenvalue weighted by molar-refractivity contribution is 5.82. The largest absolute Gasteiger partial charge is 0.481 e. The first-order valence-corrected chi connectivity index (χ1v) is 5.87. The summed E-state index contributed by atoms with van der Waals surface area (Å²) >= 11 is 0. The maximum Gasteiger partial charge on any atom is 0.471 e. The topological polar surface area (TPSA) is 57.6 Å². The maximum absolute atomic E-state index is 12.3. The van der Waals surface area contributed by atoms with Gasteiger partial charge >= 0.3 is 18.1 Å². The van der Waals surface area contributed by atoms with Crippen LogP contribution in [0.3, 0.4) is 0 Å². The van der Waals surface area contributed by atoms with Gasteiger partial charge in [-0.2, -0.15) is 13.2 Å². The Morgan fingerprint density at radius 2 is 1.67 bits per heavy atom. The Hall–Kier alpha value is -1.27. The monoisotopic (exact) mass is 265 g/mol. The Labute approximate surface area is 102 Å². The molecular formula is C11H14F3NO3. The maximum atomic E-state index is 12.3. The summed E-state index contributed by atoms with van der Waals surface area (Å²) in [4.78, 5) is 22.7. The van der Waals surface area contributed by atoms with Gasteiger partial charge in [-0.25, -0.2) is 0 Å². The van der Waals surface area contributed by atoms with E-state index in [-0.39, 0.29) is 37.3 Å². The van der Waals surface area contributed by atoms with Gasteiger partial charge in [0.2, 0.25) is 0 Å². The van der Waals surface area contributed by atoms with Gasteiger partial charge in [-0.15, -0.1) is 0 Å². The zero-order chi connectivity index (χ0) is 13.5. The predicted octanol–water partition coefficient (Wildman–Crippen LogP) is 1.51. The van der Waals surface area contributed by atoms with Gasteiger partial charge in [-0.1, -0.05) is 0 Å². The third-order valence-corrected chi connectivity index (χ3v) is 3.97. The van der Waals surface area contributed by atoms with Gasteiger partial charge in [0.15, 0.2) is 0 Å². The minimum Gasteiger partial charge on any atom is -0.481 e. The highest BCUT2D eigenvalue weighted by Crippen LogP contribution is 2.44. The highest BCUT2D eigenvalue weighted by Gasteiger charge is 2.49. The summed E-state index contributed by atoms with van der Waals surface area (Å²) in [6.07, 6.45) is -3.42. The summed E-state index contributed by atoms with van der Waals surface area (Å²) in [5, 5.41) is 8.77. The molecule has 0 aromatic rings. The fraction of sp³-hybridized carbons (Fsp3) is 0.818. The molecule has 4 nitrogen and oxygen atoms in total. The molecule has 102 valence electrons. The van der Waals surface area contributed by atoms with Gasteiger partial charge in [0, 0.05) is 19.5 Å². The normalized spacial score (nSPS) is 31.5. The van der Waals surface area contributed by atoms with Crippen LogP contribution in [0.25, 0.3) is 0 Å². The highest BCUT2D eigenvalue weighted by atomic mass is 19.4. The van der Waals surface area contributed by atoms with Crippen LogP contribution in [0.4, 0.5) is 13.2 Å². The second-order valence-corrected chi connectivity index (χ2v) is 5.07. The van der Waals surface area contributed by atoms with E-state index in [1.165, 1.54) is 0 Å². The second-order valence-electron chi connectivity index (χ2n) is 5.07. The summed E-state index contributed by atoms with van der Waals surface area (Å²) in [5.74, 6) is -3.02. The zero-order valence-corrected chi connectivity index (χ0v) is 9.61. The van der Waals surface area contributed by atoms with Crippen molar-refractivity contribution in [3.63, 3.8) is 0 Å². The lowest BCUT2D eigenvalue weighted by molar-refractivity contribution is -0.188. The first-order chi connectivity index (χ1) is 8.29. The minimum absolute atomic E-state index is 0.0105. The zero-order valence-electron chi connectivity index (χ0n) is 9.61. The number of nitrogens with zero attached hydrogens (tertiary/aromatic N) is 1. The van der Waals surface area contributed by atoms with Crippen molar-refractivity contribution >= 4 is 11.9 Å². The summed E-state index contributed by atoms with van der Waals surface area (Å²) in [5.41, 5.74) is 0. The number of hydrogen-bond donors (Lipinski definition) is 1. The summed E-state index contributed by atoms with van der Waals surface area (Å²) in [6, 6.07) is 0. The molecule has 7 heteroatoms. The number of rotatable bonds is 2. The van der Waals surface area contributed by atoms with E-state index < -0.39 is 18.1 Å². The van der Waals surface area contributed by atoms with E-state index in [0.29, 0.717) is 12.8 Å². The van der Waals surface area contributed by atoms with Crippen molar-refractivity contribution in [3.05, 3.63) is 0 Å². The number of aliphatic carboxylic acids is 1. The number of piperidine rings is 1. The van der Waals surface area contributed by atoms with Crippen LogP contribution in [0.2, 0.25) is 0 Å². The van der Waals surface area contributed by atoms with Crippen molar-refractivity contribution in [1.82, 2.24) is 4.90 Å². The number of likely N-dealkylation sites (tertiary alicyclic amines) is 1. The molecule has 2 atom stereocenters. The van der Waals surface area contributed by atoms with Crippen molar-refractivity contribution in [2.45, 2.75) is 25.4 Å². The van der Waals surface area contributed by atoms with E-state index in [9.17, 15) is 22.8 Å². The number of carbonyl (C=O) groups is 2. The molecule has 1 saturated heterocycles. The van der Waals surface area contributed by atoms with Crippen molar-refractivity contribution in [2.24, 2.45) is 17.8 Å². The third kappa shape index (κ3) is 2.44. The molecule has 0 aromatic carbocycles. The third-order valence-electron chi connectivity index (χ3n) is 3.97. The van der Waals surface area contributed by atoms with Gasteiger partial charge < -0.3 is 10.0 Å². The van der Waals surface area contributed by atoms with Crippen molar-refractivity contribution < 1.29 is 27.9 Å². The van der Waals surface area contributed by atoms with E-state index in [1.807, 2.05) is 0 Å². The standard InChI is InChI=1S/C11H14F3NO3/c12-11(13,14)10(18)15-4-6-1-2-7(5-15)8(6)3-9(16)17/h6-8H,1-5H2,(H,16,17). The van der Waals surface area contributed by atoms with Gasteiger partial charge in [0.05, 0.1) is 0 Å². The molecule has 1 N–H and O–H groups in total. The minimum atomic E-state index is -4.83. The molecule has 1 heterocycles. The predicted molar refractivity (Wildman–Crippen MR) is 54.6 cm³/mol. The van der Waals surface area contributed by atoms with Crippen LogP contribution in [0, 0.1) is 17.8 Å².